The number of imide groups is 1. The van der Waals surface area contributed by atoms with Crippen LogP contribution in [-0.2, 0) is 9.59 Å². The van der Waals surface area contributed by atoms with Gasteiger partial charge in [-0.25, -0.2) is 0 Å². The molecule has 138 valence electrons. The Labute approximate surface area is 155 Å². The summed E-state index contributed by atoms with van der Waals surface area (Å²) in [4.78, 5) is 37.9. The molecular formula is C18H20N2O5S. The molecule has 26 heavy (non-hydrogen) atoms. The predicted molar refractivity (Wildman–Crippen MR) is 97.7 cm³/mol. The first-order chi connectivity index (χ1) is 12.3. The molecule has 7 nitrogen and oxygen atoms in total. The minimum Gasteiger partial charge on any atom is -0.454 e. The Morgan fingerprint density at radius 2 is 2.00 bits per heavy atom. The average Bonchev–Trinajstić information content (AvgIpc) is 3.13. The van der Waals surface area contributed by atoms with Gasteiger partial charge in [-0.15, -0.1) is 0 Å². The third kappa shape index (κ3) is 3.85. The SMILES string of the molecule is CC(C)(C)C(=O)NCCN1C(=O)S/C(=C\c2ccc3c(c2)OCO3)C1=O. The van der Waals surface area contributed by atoms with Crippen LogP contribution in [-0.4, -0.2) is 41.8 Å². The molecular weight excluding hydrogens is 356 g/mol. The summed E-state index contributed by atoms with van der Waals surface area (Å²) in [6.45, 7) is 5.95. The van der Waals surface area contributed by atoms with Crippen LogP contribution in [0.15, 0.2) is 23.1 Å². The highest BCUT2D eigenvalue weighted by Gasteiger charge is 2.35. The lowest BCUT2D eigenvalue weighted by atomic mass is 9.96. The van der Waals surface area contributed by atoms with Gasteiger partial charge in [0.15, 0.2) is 11.5 Å². The number of carbonyl (C=O) groups is 3. The summed E-state index contributed by atoms with van der Waals surface area (Å²) in [7, 11) is 0. The Bertz CT molecular complexity index is 797. The lowest BCUT2D eigenvalue weighted by Crippen LogP contribution is -2.41. The first-order valence-electron chi connectivity index (χ1n) is 8.19. The van der Waals surface area contributed by atoms with Crippen LogP contribution < -0.4 is 14.8 Å². The quantitative estimate of drug-likeness (QED) is 0.813. The number of rotatable bonds is 4. The summed E-state index contributed by atoms with van der Waals surface area (Å²) in [5.41, 5.74) is 0.235. The summed E-state index contributed by atoms with van der Waals surface area (Å²) >= 11 is 0.888. The number of hydrogen-bond donors (Lipinski definition) is 1. The van der Waals surface area contributed by atoms with Crippen LogP contribution in [0.2, 0.25) is 0 Å². The molecule has 0 spiro atoms. The third-order valence-electron chi connectivity index (χ3n) is 3.87. The molecule has 0 aromatic heterocycles. The van der Waals surface area contributed by atoms with E-state index >= 15 is 0 Å². The predicted octanol–water partition coefficient (Wildman–Crippen LogP) is 2.61. The van der Waals surface area contributed by atoms with Crippen molar-refractivity contribution in [3.05, 3.63) is 28.7 Å². The number of nitrogens with zero attached hydrogens (tertiary/aromatic N) is 1. The maximum atomic E-state index is 12.5. The highest BCUT2D eigenvalue weighted by Crippen LogP contribution is 2.36. The Morgan fingerprint density at radius 1 is 1.27 bits per heavy atom. The zero-order chi connectivity index (χ0) is 18.9. The van der Waals surface area contributed by atoms with E-state index in [9.17, 15) is 14.4 Å². The molecule has 3 rings (SSSR count). The molecule has 0 radical (unpaired) electrons. The Morgan fingerprint density at radius 3 is 2.73 bits per heavy atom. The zero-order valence-corrected chi connectivity index (χ0v) is 15.6. The van der Waals surface area contributed by atoms with E-state index < -0.39 is 5.41 Å². The van der Waals surface area contributed by atoms with Crippen molar-refractivity contribution in [2.45, 2.75) is 20.8 Å². The number of nitrogens with one attached hydrogen (secondary N) is 1. The van der Waals surface area contributed by atoms with E-state index in [1.54, 1.807) is 45.0 Å². The topological polar surface area (TPSA) is 84.9 Å². The van der Waals surface area contributed by atoms with Crippen molar-refractivity contribution < 1.29 is 23.9 Å². The molecule has 2 aliphatic heterocycles. The fourth-order valence-electron chi connectivity index (χ4n) is 2.39. The normalized spacial score (nSPS) is 18.0. The number of thioether (sulfide) groups is 1. The van der Waals surface area contributed by atoms with Crippen molar-refractivity contribution in [3.8, 4) is 11.5 Å². The van der Waals surface area contributed by atoms with Crippen LogP contribution in [0.25, 0.3) is 6.08 Å². The van der Waals surface area contributed by atoms with E-state index in [4.69, 9.17) is 9.47 Å². The monoisotopic (exact) mass is 376 g/mol. The Kier molecular flexibility index (Phi) is 4.95. The molecule has 0 atom stereocenters. The van der Waals surface area contributed by atoms with Crippen molar-refractivity contribution in [3.63, 3.8) is 0 Å². The summed E-state index contributed by atoms with van der Waals surface area (Å²) in [6.07, 6.45) is 1.65. The summed E-state index contributed by atoms with van der Waals surface area (Å²) in [5, 5.41) is 2.40. The molecule has 0 saturated carbocycles. The zero-order valence-electron chi connectivity index (χ0n) is 14.8. The van der Waals surface area contributed by atoms with E-state index in [1.807, 2.05) is 0 Å². The lowest BCUT2D eigenvalue weighted by Gasteiger charge is -2.19. The van der Waals surface area contributed by atoms with Gasteiger partial charge in [0.1, 0.15) is 0 Å². The largest absolute Gasteiger partial charge is 0.454 e. The van der Waals surface area contributed by atoms with Gasteiger partial charge in [0.25, 0.3) is 11.1 Å². The molecule has 8 heteroatoms. The number of fused-ring (bicyclic) bond motifs is 1. The molecule has 3 amide bonds. The van der Waals surface area contributed by atoms with Gasteiger partial charge >= 0.3 is 0 Å². The smallest absolute Gasteiger partial charge is 0.293 e. The Hall–Kier alpha value is -2.48. The van der Waals surface area contributed by atoms with Crippen LogP contribution in [0.1, 0.15) is 26.3 Å². The van der Waals surface area contributed by atoms with Gasteiger partial charge in [0.05, 0.1) is 4.91 Å². The average molecular weight is 376 g/mol. The van der Waals surface area contributed by atoms with Gasteiger partial charge in [-0.3, -0.25) is 19.3 Å². The van der Waals surface area contributed by atoms with Crippen molar-refractivity contribution in [1.29, 1.82) is 0 Å². The molecule has 1 aromatic carbocycles. The molecule has 0 bridgehead atoms. The molecule has 2 heterocycles. The first kappa shape index (κ1) is 18.3. The standard InChI is InChI=1S/C18H20N2O5S/c1-18(2,3)16(22)19-6-7-20-15(21)14(26-17(20)23)9-11-4-5-12-13(8-11)25-10-24-12/h4-5,8-9H,6-7,10H2,1-3H3,(H,19,22)/b14-9-. The van der Waals surface area contributed by atoms with Gasteiger partial charge in [0.2, 0.25) is 12.7 Å². The number of ether oxygens (including phenoxy) is 2. The molecule has 1 aromatic rings. The Balaban J connectivity index is 1.64. The van der Waals surface area contributed by atoms with Crippen molar-refractivity contribution >= 4 is 34.9 Å². The minimum absolute atomic E-state index is 0.125. The molecule has 0 unspecified atom stereocenters. The summed E-state index contributed by atoms with van der Waals surface area (Å²) in [5.74, 6) is 0.788. The van der Waals surface area contributed by atoms with Gasteiger partial charge < -0.3 is 14.8 Å². The second-order valence-corrected chi connectivity index (χ2v) is 7.95. The summed E-state index contributed by atoms with van der Waals surface area (Å²) in [6, 6.07) is 5.32. The van der Waals surface area contributed by atoms with E-state index in [-0.39, 0.29) is 36.9 Å². The highest BCUT2D eigenvalue weighted by atomic mass is 32.2. The first-order valence-corrected chi connectivity index (χ1v) is 9.01. The molecule has 1 saturated heterocycles. The number of hydrogen-bond acceptors (Lipinski definition) is 6. The molecule has 1 N–H and O–H groups in total. The second kappa shape index (κ2) is 7.03. The van der Waals surface area contributed by atoms with Crippen LogP contribution >= 0.6 is 11.8 Å². The van der Waals surface area contributed by atoms with Gasteiger partial charge in [-0.2, -0.15) is 0 Å². The molecule has 0 aliphatic carbocycles. The van der Waals surface area contributed by atoms with Gasteiger partial charge in [-0.05, 0) is 35.5 Å². The van der Waals surface area contributed by atoms with Gasteiger partial charge in [0, 0.05) is 18.5 Å². The lowest BCUT2D eigenvalue weighted by molar-refractivity contribution is -0.129. The fraction of sp³-hybridized carbons (Fsp3) is 0.389. The van der Waals surface area contributed by atoms with E-state index in [0.29, 0.717) is 16.4 Å². The number of carbonyl (C=O) groups excluding carboxylic acids is 3. The minimum atomic E-state index is -0.516. The van der Waals surface area contributed by atoms with Crippen LogP contribution in [0.5, 0.6) is 11.5 Å². The van der Waals surface area contributed by atoms with E-state index in [2.05, 4.69) is 5.32 Å². The fourth-order valence-corrected chi connectivity index (χ4v) is 3.26. The number of benzene rings is 1. The third-order valence-corrected chi connectivity index (χ3v) is 4.78. The maximum absolute atomic E-state index is 12.5. The number of amides is 3. The van der Waals surface area contributed by atoms with Crippen molar-refractivity contribution in [1.82, 2.24) is 10.2 Å². The van der Waals surface area contributed by atoms with Gasteiger partial charge in [-0.1, -0.05) is 26.8 Å². The van der Waals surface area contributed by atoms with Crippen LogP contribution in [0.3, 0.4) is 0 Å². The summed E-state index contributed by atoms with van der Waals surface area (Å²) < 4.78 is 10.6. The highest BCUT2D eigenvalue weighted by molar-refractivity contribution is 8.18. The van der Waals surface area contributed by atoms with Crippen molar-refractivity contribution in [2.75, 3.05) is 19.9 Å². The maximum Gasteiger partial charge on any atom is 0.293 e. The molecule has 1 fully saturated rings. The van der Waals surface area contributed by atoms with Crippen molar-refractivity contribution in [2.24, 2.45) is 5.41 Å². The van der Waals surface area contributed by atoms with Crippen LogP contribution in [0.4, 0.5) is 4.79 Å². The van der Waals surface area contributed by atoms with Crippen LogP contribution in [0, 0.1) is 5.41 Å². The second-order valence-electron chi connectivity index (χ2n) is 6.95. The van der Waals surface area contributed by atoms with E-state index in [0.717, 1.165) is 22.2 Å². The van der Waals surface area contributed by atoms with E-state index in [1.165, 1.54) is 0 Å². The molecule has 2 aliphatic rings.